The van der Waals surface area contributed by atoms with Crippen LogP contribution in [0.4, 0.5) is 0 Å². The molecule has 0 aliphatic carbocycles. The Bertz CT molecular complexity index is 2840. The van der Waals surface area contributed by atoms with Crippen molar-refractivity contribution in [2.45, 2.75) is 0 Å². The van der Waals surface area contributed by atoms with Crippen molar-refractivity contribution in [3.05, 3.63) is 175 Å². The van der Waals surface area contributed by atoms with E-state index in [4.69, 9.17) is 0 Å². The Kier molecular flexibility index (Phi) is 7.82. The van der Waals surface area contributed by atoms with Gasteiger partial charge in [-0.3, -0.25) is 0 Å². The van der Waals surface area contributed by atoms with E-state index in [1.165, 1.54) is 49.4 Å². The summed E-state index contributed by atoms with van der Waals surface area (Å²) in [4.78, 5) is 0. The summed E-state index contributed by atoms with van der Waals surface area (Å²) in [5.41, 5.74) is 20.4. The van der Waals surface area contributed by atoms with E-state index >= 15 is 0 Å². The second-order valence-corrected chi connectivity index (χ2v) is 14.3. The van der Waals surface area contributed by atoms with Crippen LogP contribution in [0.5, 0.6) is 11.5 Å². The average Bonchev–Trinajstić information content (AvgIpc) is 3.61. The van der Waals surface area contributed by atoms with Crippen LogP contribution in [-0.2, 0) is 0 Å². The second-order valence-electron chi connectivity index (χ2n) is 14.3. The maximum atomic E-state index is 9.93. The van der Waals surface area contributed by atoms with E-state index in [0.29, 0.717) is 5.56 Å². The number of phenols is 2. The molecule has 2 aliphatic rings. The molecule has 55 heavy (non-hydrogen) atoms. The molecule has 0 bridgehead atoms. The Balaban J connectivity index is 1.13. The van der Waals surface area contributed by atoms with Gasteiger partial charge in [0.25, 0.3) is 0 Å². The molecule has 2 heterocycles. The molecule has 8 aromatic carbocycles. The number of rotatable bonds is 5. The van der Waals surface area contributed by atoms with E-state index in [0.717, 1.165) is 44.5 Å². The number of hydrogen-bond donors (Lipinski definition) is 2. The first-order valence-corrected chi connectivity index (χ1v) is 18.4. The summed E-state index contributed by atoms with van der Waals surface area (Å²) < 4.78 is 0. The van der Waals surface area contributed by atoms with Crippen LogP contribution >= 0.6 is 0 Å². The molecule has 0 unspecified atom stereocenters. The zero-order valence-electron chi connectivity index (χ0n) is 29.7. The summed E-state index contributed by atoms with van der Waals surface area (Å²) in [5.74, 6) is 0.512. The van der Waals surface area contributed by atoms with Crippen molar-refractivity contribution in [3.8, 4) is 73.2 Å². The van der Waals surface area contributed by atoms with E-state index in [2.05, 4.69) is 118 Å². The lowest BCUT2D eigenvalue weighted by Gasteiger charge is -2.30. The number of benzene rings is 8. The number of fused-ring (bicyclic) bond motifs is 5. The minimum absolute atomic E-state index is 0.0256. The van der Waals surface area contributed by atoms with Gasteiger partial charge in [0.1, 0.15) is 11.5 Å². The minimum Gasteiger partial charge on any atom is -0.508 e. The van der Waals surface area contributed by atoms with Crippen LogP contribution < -0.4 is 38.2 Å². The third-order valence-corrected chi connectivity index (χ3v) is 11.2. The van der Waals surface area contributed by atoms with Gasteiger partial charge in [-0.25, -0.2) is 0 Å². The smallest absolute Gasteiger partial charge is 0.239 e. The van der Waals surface area contributed by atoms with Gasteiger partial charge in [-0.15, -0.1) is 0 Å². The molecule has 10 rings (SSSR count). The quantitative estimate of drug-likeness (QED) is 0.225. The van der Waals surface area contributed by atoms with Gasteiger partial charge in [0.05, 0.1) is 11.6 Å². The molecule has 2 aliphatic heterocycles. The minimum atomic E-state index is -0.0256. The van der Waals surface area contributed by atoms with Crippen molar-refractivity contribution in [3.63, 3.8) is 0 Å². The lowest BCUT2D eigenvalue weighted by atomic mass is 9.27. The molecule has 0 saturated heterocycles. The van der Waals surface area contributed by atoms with Crippen molar-refractivity contribution in [1.82, 2.24) is 0 Å². The highest BCUT2D eigenvalue weighted by Gasteiger charge is 2.36. The van der Waals surface area contributed by atoms with Crippen LogP contribution in [0, 0.1) is 11.3 Å². The number of nitrogens with zero attached hydrogens (tertiary/aromatic N) is 1. The highest BCUT2D eigenvalue weighted by molar-refractivity contribution is 7.06. The summed E-state index contributed by atoms with van der Waals surface area (Å²) >= 11 is 0. The number of phenolic OH excluding ortho intramolecular Hbond substituents is 2. The van der Waals surface area contributed by atoms with Crippen molar-refractivity contribution in [1.29, 1.82) is 5.26 Å². The largest absolute Gasteiger partial charge is 0.508 e. The van der Waals surface area contributed by atoms with E-state index < -0.39 is 0 Å². The molecule has 0 amide bonds. The Hall–Kier alpha value is -6.96. The van der Waals surface area contributed by atoms with E-state index in [9.17, 15) is 15.5 Å². The lowest BCUT2D eigenvalue weighted by Crippen LogP contribution is -2.70. The maximum absolute atomic E-state index is 9.93. The van der Waals surface area contributed by atoms with Crippen molar-refractivity contribution < 1.29 is 10.2 Å². The van der Waals surface area contributed by atoms with E-state index in [-0.39, 0.29) is 18.2 Å². The molecular weight excluding hydrogens is 667 g/mol. The molecule has 0 atom stereocenters. The Morgan fingerprint density at radius 2 is 0.909 bits per heavy atom. The van der Waals surface area contributed by atoms with Crippen LogP contribution in [0.1, 0.15) is 5.56 Å². The first-order valence-electron chi connectivity index (χ1n) is 18.4. The van der Waals surface area contributed by atoms with Gasteiger partial charge in [-0.1, -0.05) is 160 Å². The fraction of sp³-hybridized carbons (Fsp3) is 0. The Labute approximate surface area is 322 Å². The fourth-order valence-electron chi connectivity index (χ4n) is 8.44. The third-order valence-electron chi connectivity index (χ3n) is 11.2. The molecule has 2 radical (unpaired) electrons. The van der Waals surface area contributed by atoms with Crippen LogP contribution in [0.15, 0.2) is 170 Å². The van der Waals surface area contributed by atoms with Gasteiger partial charge in [0.2, 0.25) is 6.71 Å². The standard InChI is InChI=1S/C49H30B3NO2/c53-29-30-10-12-31(13-11-30)36-19-25-45-44(28-36)51-48-40(37-5-1-4-34(26-37)32-14-20-38(54)21-15-32)6-2-8-46(48)52(45)47-9-3-7-41-42-27-35(18-24-43(42)50-49(41)47)33-16-22-39(55)23-17-33/h1-28,54-55H. The molecule has 0 fully saturated rings. The van der Waals surface area contributed by atoms with Crippen molar-refractivity contribution >= 4 is 59.5 Å². The zero-order valence-corrected chi connectivity index (χ0v) is 29.7. The molecule has 8 aromatic rings. The van der Waals surface area contributed by atoms with E-state index in [1.807, 2.05) is 48.5 Å². The normalized spacial score (nSPS) is 12.0. The molecule has 6 heteroatoms. The third kappa shape index (κ3) is 5.73. The molecular formula is C49H30B3NO2. The highest BCUT2D eigenvalue weighted by Crippen LogP contribution is 2.29. The SMILES string of the molecule is N#Cc1ccc(-c2ccc3c(c2)[B]c2c(cccc2-c2cccc(-c4ccc(O)cc4)c2)B3c2cccc3c2[B]c2ccc(-c4ccc(O)cc4)cc2-3)cc1. The summed E-state index contributed by atoms with van der Waals surface area (Å²) in [5, 5.41) is 29.3. The van der Waals surface area contributed by atoms with E-state index in [1.54, 1.807) is 24.3 Å². The average molecular weight is 697 g/mol. The van der Waals surface area contributed by atoms with Crippen molar-refractivity contribution in [2.75, 3.05) is 0 Å². The van der Waals surface area contributed by atoms with Crippen LogP contribution in [0.25, 0.3) is 55.6 Å². The van der Waals surface area contributed by atoms with Gasteiger partial charge in [-0.05, 0) is 104 Å². The molecule has 252 valence electrons. The number of nitriles is 1. The van der Waals surface area contributed by atoms with Gasteiger partial charge < -0.3 is 10.2 Å². The molecule has 0 saturated carbocycles. The molecule has 2 N–H and O–H groups in total. The fourth-order valence-corrected chi connectivity index (χ4v) is 8.44. The van der Waals surface area contributed by atoms with Gasteiger partial charge in [-0.2, -0.15) is 5.26 Å². The molecule has 0 spiro atoms. The van der Waals surface area contributed by atoms with Crippen LogP contribution in [0.3, 0.4) is 0 Å². The predicted octanol–water partition coefficient (Wildman–Crippen LogP) is 5.76. The topological polar surface area (TPSA) is 64.2 Å². The predicted molar refractivity (Wildman–Crippen MR) is 229 cm³/mol. The Morgan fingerprint density at radius 3 is 1.58 bits per heavy atom. The highest BCUT2D eigenvalue weighted by atomic mass is 16.3. The zero-order chi connectivity index (χ0) is 37.0. The number of hydrogen-bond acceptors (Lipinski definition) is 3. The molecule has 0 aromatic heterocycles. The maximum Gasteiger partial charge on any atom is 0.239 e. The van der Waals surface area contributed by atoms with Crippen LogP contribution in [0.2, 0.25) is 0 Å². The van der Waals surface area contributed by atoms with Gasteiger partial charge in [0, 0.05) is 0 Å². The summed E-state index contributed by atoms with van der Waals surface area (Å²) in [6.45, 7) is -0.0256. The van der Waals surface area contributed by atoms with Crippen LogP contribution in [-0.4, -0.2) is 31.5 Å². The Morgan fingerprint density at radius 1 is 0.400 bits per heavy atom. The summed E-state index contributed by atoms with van der Waals surface area (Å²) in [6, 6.07) is 60.3. The lowest BCUT2D eigenvalue weighted by molar-refractivity contribution is 0.475. The molecule has 3 nitrogen and oxygen atoms in total. The summed E-state index contributed by atoms with van der Waals surface area (Å²) in [7, 11) is 4.69. The first-order chi connectivity index (χ1) is 27.0. The monoisotopic (exact) mass is 697 g/mol. The van der Waals surface area contributed by atoms with Crippen molar-refractivity contribution in [2.24, 2.45) is 0 Å². The van der Waals surface area contributed by atoms with Gasteiger partial charge >= 0.3 is 0 Å². The summed E-state index contributed by atoms with van der Waals surface area (Å²) in [6.07, 6.45) is 0. The van der Waals surface area contributed by atoms with Gasteiger partial charge in [0.15, 0.2) is 14.6 Å². The first kappa shape index (κ1) is 32.7. The number of aromatic hydroxyl groups is 2. The second kappa shape index (κ2) is 13.2.